The molecule has 4 N–H and O–H groups in total. The van der Waals surface area contributed by atoms with Gasteiger partial charge in [0.2, 0.25) is 11.8 Å². The van der Waals surface area contributed by atoms with Gasteiger partial charge in [0.15, 0.2) is 0 Å². The molecule has 0 saturated heterocycles. The zero-order chi connectivity index (χ0) is 22.8. The SMILES string of the molecule is CC(C)C(C)C.CC(C)CO.CCC(=O)NCC1CCC(C(=O)NCCO)CC1. The Morgan fingerprint density at radius 1 is 0.897 bits per heavy atom. The van der Waals surface area contributed by atoms with Gasteiger partial charge in [-0.2, -0.15) is 0 Å². The zero-order valence-corrected chi connectivity index (χ0v) is 20.0. The molecule has 0 aromatic heterocycles. The largest absolute Gasteiger partial charge is 0.396 e. The molecular weight excluding hydrogens is 368 g/mol. The van der Waals surface area contributed by atoms with Crippen LogP contribution in [0.1, 0.15) is 80.6 Å². The molecule has 0 aliphatic heterocycles. The molecule has 1 rings (SSSR count). The van der Waals surface area contributed by atoms with Crippen LogP contribution in [0, 0.1) is 29.6 Å². The van der Waals surface area contributed by atoms with Crippen LogP contribution in [0.3, 0.4) is 0 Å². The molecule has 0 unspecified atom stereocenters. The lowest BCUT2D eigenvalue weighted by Crippen LogP contribution is -2.36. The van der Waals surface area contributed by atoms with Crippen LogP contribution >= 0.6 is 0 Å². The summed E-state index contributed by atoms with van der Waals surface area (Å²) in [5.74, 6) is 2.87. The maximum Gasteiger partial charge on any atom is 0.223 e. The molecule has 1 saturated carbocycles. The van der Waals surface area contributed by atoms with E-state index in [2.05, 4.69) is 38.3 Å². The number of hydrogen-bond donors (Lipinski definition) is 4. The number of rotatable bonds is 8. The van der Waals surface area contributed by atoms with E-state index in [9.17, 15) is 9.59 Å². The molecule has 0 bridgehead atoms. The number of nitrogens with one attached hydrogen (secondary N) is 2. The summed E-state index contributed by atoms with van der Waals surface area (Å²) in [4.78, 5) is 22.8. The summed E-state index contributed by atoms with van der Waals surface area (Å²) in [5.41, 5.74) is 0. The Kier molecular flexibility index (Phi) is 19.5. The van der Waals surface area contributed by atoms with Crippen LogP contribution < -0.4 is 10.6 Å². The molecular formula is C23H48N2O4. The predicted octanol–water partition coefficient (Wildman–Crippen LogP) is 3.36. The Bertz CT molecular complexity index is 398. The third kappa shape index (κ3) is 18.6. The van der Waals surface area contributed by atoms with Crippen LogP contribution in [0.2, 0.25) is 0 Å². The minimum atomic E-state index is -0.00979. The van der Waals surface area contributed by atoms with Crippen LogP contribution in [0.15, 0.2) is 0 Å². The van der Waals surface area contributed by atoms with E-state index in [1.165, 1.54) is 0 Å². The van der Waals surface area contributed by atoms with Crippen LogP contribution in [0.5, 0.6) is 0 Å². The van der Waals surface area contributed by atoms with Crippen molar-refractivity contribution in [2.75, 3.05) is 26.3 Å². The Morgan fingerprint density at radius 3 is 1.72 bits per heavy atom. The maximum absolute atomic E-state index is 11.7. The van der Waals surface area contributed by atoms with Gasteiger partial charge in [-0.15, -0.1) is 0 Å². The molecule has 1 fully saturated rings. The normalized spacial score (nSPS) is 18.5. The first-order valence-electron chi connectivity index (χ1n) is 11.3. The molecule has 6 heteroatoms. The van der Waals surface area contributed by atoms with Crippen LogP contribution in [-0.2, 0) is 9.59 Å². The smallest absolute Gasteiger partial charge is 0.223 e. The molecule has 1 aliphatic rings. The molecule has 0 aromatic carbocycles. The third-order valence-electron chi connectivity index (χ3n) is 5.24. The molecule has 29 heavy (non-hydrogen) atoms. The fourth-order valence-electron chi connectivity index (χ4n) is 2.34. The average Bonchev–Trinajstić information content (AvgIpc) is 2.71. The van der Waals surface area contributed by atoms with Gasteiger partial charge in [-0.3, -0.25) is 9.59 Å². The number of aliphatic hydroxyl groups is 2. The van der Waals surface area contributed by atoms with Gasteiger partial charge in [-0.25, -0.2) is 0 Å². The molecule has 0 heterocycles. The van der Waals surface area contributed by atoms with Gasteiger partial charge in [-0.1, -0.05) is 48.5 Å². The lowest BCUT2D eigenvalue weighted by molar-refractivity contribution is -0.126. The van der Waals surface area contributed by atoms with Crippen molar-refractivity contribution >= 4 is 11.8 Å². The Hall–Kier alpha value is -1.14. The molecule has 6 nitrogen and oxygen atoms in total. The summed E-state index contributed by atoms with van der Waals surface area (Å²) in [6.45, 7) is 16.1. The number of aliphatic hydroxyl groups excluding tert-OH is 2. The Balaban J connectivity index is 0. The van der Waals surface area contributed by atoms with Crippen LogP contribution in [-0.4, -0.2) is 48.3 Å². The van der Waals surface area contributed by atoms with Crippen LogP contribution in [0.25, 0.3) is 0 Å². The van der Waals surface area contributed by atoms with Gasteiger partial charge in [-0.05, 0) is 49.4 Å². The van der Waals surface area contributed by atoms with Gasteiger partial charge < -0.3 is 20.8 Å². The van der Waals surface area contributed by atoms with E-state index in [-0.39, 0.29) is 24.3 Å². The van der Waals surface area contributed by atoms with Gasteiger partial charge in [0.1, 0.15) is 0 Å². The summed E-state index contributed by atoms with van der Waals surface area (Å²) >= 11 is 0. The van der Waals surface area contributed by atoms with E-state index >= 15 is 0 Å². The van der Waals surface area contributed by atoms with E-state index in [4.69, 9.17) is 10.2 Å². The number of amides is 2. The molecule has 174 valence electrons. The zero-order valence-electron chi connectivity index (χ0n) is 20.0. The maximum atomic E-state index is 11.7. The third-order valence-corrected chi connectivity index (χ3v) is 5.24. The molecule has 0 radical (unpaired) electrons. The monoisotopic (exact) mass is 416 g/mol. The summed E-state index contributed by atoms with van der Waals surface area (Å²) in [6, 6.07) is 0. The Labute approximate surface area is 179 Å². The highest BCUT2D eigenvalue weighted by Gasteiger charge is 2.26. The van der Waals surface area contributed by atoms with E-state index < -0.39 is 0 Å². The van der Waals surface area contributed by atoms with Gasteiger partial charge in [0.25, 0.3) is 0 Å². The van der Waals surface area contributed by atoms with Crippen LogP contribution in [0.4, 0.5) is 0 Å². The number of carbonyl (C=O) groups excluding carboxylic acids is 2. The minimum absolute atomic E-state index is 0.00979. The van der Waals surface area contributed by atoms with Crippen molar-refractivity contribution in [2.45, 2.75) is 80.6 Å². The quantitative estimate of drug-likeness (QED) is 0.487. The van der Waals surface area contributed by atoms with E-state index in [1.807, 2.05) is 20.8 Å². The second-order valence-corrected chi connectivity index (χ2v) is 8.95. The first-order chi connectivity index (χ1) is 13.6. The first-order valence-corrected chi connectivity index (χ1v) is 11.3. The predicted molar refractivity (Wildman–Crippen MR) is 120 cm³/mol. The lowest BCUT2D eigenvalue weighted by Gasteiger charge is -2.27. The van der Waals surface area contributed by atoms with Gasteiger partial charge >= 0.3 is 0 Å². The van der Waals surface area contributed by atoms with E-state index in [0.717, 1.165) is 44.1 Å². The lowest BCUT2D eigenvalue weighted by atomic mass is 9.81. The highest BCUT2D eigenvalue weighted by Crippen LogP contribution is 2.28. The highest BCUT2D eigenvalue weighted by atomic mass is 16.3. The summed E-state index contributed by atoms with van der Waals surface area (Å²) in [6.07, 6.45) is 4.26. The molecule has 0 atom stereocenters. The number of hydrogen-bond acceptors (Lipinski definition) is 4. The van der Waals surface area contributed by atoms with Crippen molar-refractivity contribution in [3.05, 3.63) is 0 Å². The fourth-order valence-corrected chi connectivity index (χ4v) is 2.34. The standard InChI is InChI=1S/C13H24N2O3.C6H14.C4H10O/c1-2-12(17)15-9-10-3-5-11(6-4-10)13(18)14-7-8-16;1-5(2)6(3)4;1-4(2)3-5/h10-11,16H,2-9H2,1H3,(H,14,18)(H,15,17);5-6H,1-4H3;4-5H,3H2,1-2H3. The molecule has 0 spiro atoms. The summed E-state index contributed by atoms with van der Waals surface area (Å²) in [7, 11) is 0. The molecule has 1 aliphatic carbocycles. The van der Waals surface area contributed by atoms with Gasteiger partial charge in [0, 0.05) is 32.0 Å². The number of carbonyl (C=O) groups is 2. The molecule has 0 aromatic rings. The van der Waals surface area contributed by atoms with Crippen molar-refractivity contribution in [3.8, 4) is 0 Å². The second-order valence-electron chi connectivity index (χ2n) is 8.95. The van der Waals surface area contributed by atoms with Gasteiger partial charge in [0.05, 0.1) is 6.61 Å². The average molecular weight is 417 g/mol. The van der Waals surface area contributed by atoms with Crippen molar-refractivity contribution in [2.24, 2.45) is 29.6 Å². The van der Waals surface area contributed by atoms with E-state index in [0.29, 0.717) is 31.4 Å². The summed E-state index contributed by atoms with van der Waals surface area (Å²) in [5, 5.41) is 22.4. The Morgan fingerprint density at radius 2 is 1.38 bits per heavy atom. The van der Waals surface area contributed by atoms with Crippen molar-refractivity contribution in [1.29, 1.82) is 0 Å². The first kappa shape index (κ1) is 30.1. The summed E-state index contributed by atoms with van der Waals surface area (Å²) < 4.78 is 0. The fraction of sp³-hybridized carbons (Fsp3) is 0.913. The van der Waals surface area contributed by atoms with Crippen molar-refractivity contribution in [1.82, 2.24) is 10.6 Å². The second kappa shape index (κ2) is 18.9. The van der Waals surface area contributed by atoms with E-state index in [1.54, 1.807) is 0 Å². The highest BCUT2D eigenvalue weighted by molar-refractivity contribution is 5.78. The molecule has 2 amide bonds. The topological polar surface area (TPSA) is 98.7 Å². The van der Waals surface area contributed by atoms with Crippen molar-refractivity contribution in [3.63, 3.8) is 0 Å². The minimum Gasteiger partial charge on any atom is -0.396 e. The van der Waals surface area contributed by atoms with Crippen molar-refractivity contribution < 1.29 is 19.8 Å².